The van der Waals surface area contributed by atoms with Crippen molar-refractivity contribution in [2.24, 2.45) is 0 Å². The summed E-state index contributed by atoms with van der Waals surface area (Å²) in [7, 11) is 0. The zero-order valence-electron chi connectivity index (χ0n) is 13.5. The minimum atomic E-state index is -0.409. The van der Waals surface area contributed by atoms with Gasteiger partial charge in [-0.15, -0.1) is 5.10 Å². The number of non-ortho nitro benzene ring substituents is 1. The molecule has 1 fully saturated rings. The van der Waals surface area contributed by atoms with Gasteiger partial charge in [0.2, 0.25) is 5.95 Å². The number of nitrogens with zero attached hydrogens (tertiary/aromatic N) is 6. The van der Waals surface area contributed by atoms with E-state index in [1.165, 1.54) is 12.1 Å². The second kappa shape index (κ2) is 6.79. The molecule has 0 bridgehead atoms. The number of benzene rings is 1. The lowest BCUT2D eigenvalue weighted by atomic mass is 10.1. The van der Waals surface area contributed by atoms with E-state index in [0.717, 1.165) is 35.2 Å². The fourth-order valence-corrected chi connectivity index (χ4v) is 3.25. The predicted octanol–water partition coefficient (Wildman–Crippen LogP) is 2.78. The van der Waals surface area contributed by atoms with Crippen LogP contribution in [0.15, 0.2) is 41.3 Å². The van der Waals surface area contributed by atoms with E-state index in [-0.39, 0.29) is 11.7 Å². The summed E-state index contributed by atoms with van der Waals surface area (Å²) in [5.41, 5.74) is 0.0461. The third-order valence-electron chi connectivity index (χ3n) is 4.28. The van der Waals surface area contributed by atoms with Crippen molar-refractivity contribution >= 4 is 44.2 Å². The van der Waals surface area contributed by atoms with Crippen LogP contribution in [-0.2, 0) is 0 Å². The normalized spacial score (nSPS) is 16.8. The minimum absolute atomic E-state index is 0.0461. The van der Waals surface area contributed by atoms with Gasteiger partial charge < -0.3 is 10.2 Å². The number of hydrogen-bond acceptors (Lipinski definition) is 8. The van der Waals surface area contributed by atoms with Crippen LogP contribution >= 0.6 is 15.9 Å². The van der Waals surface area contributed by atoms with Crippen molar-refractivity contribution < 1.29 is 4.92 Å². The van der Waals surface area contributed by atoms with Crippen LogP contribution in [0.3, 0.4) is 0 Å². The van der Waals surface area contributed by atoms with E-state index in [0.29, 0.717) is 11.3 Å². The van der Waals surface area contributed by atoms with Crippen LogP contribution < -0.4 is 10.2 Å². The predicted molar refractivity (Wildman–Crippen MR) is 100 cm³/mol. The number of nitro benzene ring substituents is 1. The van der Waals surface area contributed by atoms with Gasteiger partial charge in [-0.3, -0.25) is 10.1 Å². The molecule has 26 heavy (non-hydrogen) atoms. The maximum Gasteiger partial charge on any atom is 0.270 e. The molecule has 0 spiro atoms. The molecule has 1 atom stereocenters. The van der Waals surface area contributed by atoms with Crippen molar-refractivity contribution in [3.8, 4) is 0 Å². The quantitative estimate of drug-likeness (QED) is 0.511. The monoisotopic (exact) mass is 415 g/mol. The average Bonchev–Trinajstić information content (AvgIpc) is 3.11. The van der Waals surface area contributed by atoms with Gasteiger partial charge in [-0.2, -0.15) is 5.10 Å². The van der Waals surface area contributed by atoms with Crippen LogP contribution in [0.4, 0.5) is 17.5 Å². The van der Waals surface area contributed by atoms with E-state index >= 15 is 0 Å². The average molecular weight is 416 g/mol. The Morgan fingerprint density at radius 3 is 2.85 bits per heavy atom. The molecular weight excluding hydrogens is 402 g/mol. The van der Waals surface area contributed by atoms with Gasteiger partial charge >= 0.3 is 0 Å². The van der Waals surface area contributed by atoms with Crippen LogP contribution in [0.25, 0.3) is 10.8 Å². The Balaban J connectivity index is 1.55. The van der Waals surface area contributed by atoms with Gasteiger partial charge in [0.15, 0.2) is 5.82 Å². The summed E-state index contributed by atoms with van der Waals surface area (Å²) in [6, 6.07) is 4.94. The summed E-state index contributed by atoms with van der Waals surface area (Å²) in [4.78, 5) is 21.1. The summed E-state index contributed by atoms with van der Waals surface area (Å²) < 4.78 is 0.830. The Kier molecular flexibility index (Phi) is 4.33. The molecule has 0 amide bonds. The van der Waals surface area contributed by atoms with E-state index in [4.69, 9.17) is 0 Å². The molecule has 10 heteroatoms. The first kappa shape index (κ1) is 16.6. The third kappa shape index (κ3) is 3.27. The number of hydrogen-bond donors (Lipinski definition) is 1. The number of fused-ring (bicyclic) bond motifs is 1. The van der Waals surface area contributed by atoms with Crippen molar-refractivity contribution in [3.05, 3.63) is 51.4 Å². The molecule has 132 valence electrons. The molecular formula is C16H14BrN7O2. The zero-order valence-corrected chi connectivity index (χ0v) is 15.1. The van der Waals surface area contributed by atoms with Crippen LogP contribution in [0.1, 0.15) is 6.42 Å². The number of nitro groups is 1. The number of anilines is 2. The molecule has 0 aliphatic carbocycles. The molecule has 0 saturated carbocycles. The topological polar surface area (TPSA) is 110 Å². The van der Waals surface area contributed by atoms with E-state index in [9.17, 15) is 10.1 Å². The molecule has 2 aromatic heterocycles. The molecule has 4 rings (SSSR count). The lowest BCUT2D eigenvalue weighted by Crippen LogP contribution is -2.27. The van der Waals surface area contributed by atoms with Crippen LogP contribution in [0, 0.1) is 10.1 Å². The van der Waals surface area contributed by atoms with E-state index < -0.39 is 4.92 Å². The number of halogens is 1. The third-order valence-corrected chi connectivity index (χ3v) is 4.69. The van der Waals surface area contributed by atoms with E-state index in [1.807, 2.05) is 0 Å². The van der Waals surface area contributed by atoms with Crippen LogP contribution in [0.2, 0.25) is 0 Å². The molecule has 3 heterocycles. The van der Waals surface area contributed by atoms with Gasteiger partial charge in [0.1, 0.15) is 0 Å². The van der Waals surface area contributed by atoms with Crippen LogP contribution in [0.5, 0.6) is 0 Å². The first-order chi connectivity index (χ1) is 12.6. The molecule has 0 unspecified atom stereocenters. The fourth-order valence-electron chi connectivity index (χ4n) is 3.05. The molecule has 1 saturated heterocycles. The molecule has 1 N–H and O–H groups in total. The maximum absolute atomic E-state index is 11.0. The molecule has 3 aromatic rings. The summed E-state index contributed by atoms with van der Waals surface area (Å²) >= 11 is 3.32. The van der Waals surface area contributed by atoms with E-state index in [1.54, 1.807) is 24.7 Å². The molecule has 0 radical (unpaired) electrons. The standard InChI is InChI=1S/C16H14BrN7O2/c17-11-7-18-16(19-8-11)21-12-3-4-23(9-12)15-14-2-1-13(24(25)26)5-10(14)6-20-22-15/h1-2,5-8,12H,3-4,9H2,(H,18,19,21)/t12-/m1/s1. The van der Waals surface area contributed by atoms with Gasteiger partial charge in [0.05, 0.1) is 15.6 Å². The largest absolute Gasteiger partial charge is 0.352 e. The molecule has 1 aromatic carbocycles. The first-order valence-corrected chi connectivity index (χ1v) is 8.78. The number of aromatic nitrogens is 4. The van der Waals surface area contributed by atoms with Crippen LogP contribution in [-0.4, -0.2) is 44.2 Å². The van der Waals surface area contributed by atoms with Gasteiger partial charge in [0, 0.05) is 54.4 Å². The summed E-state index contributed by atoms with van der Waals surface area (Å²) in [5.74, 6) is 1.32. The van der Waals surface area contributed by atoms with Crippen molar-refractivity contribution in [2.45, 2.75) is 12.5 Å². The highest BCUT2D eigenvalue weighted by Crippen LogP contribution is 2.29. The van der Waals surface area contributed by atoms with Crippen molar-refractivity contribution in [3.63, 3.8) is 0 Å². The lowest BCUT2D eigenvalue weighted by Gasteiger charge is -2.19. The number of nitrogens with one attached hydrogen (secondary N) is 1. The fraction of sp³-hybridized carbons (Fsp3) is 0.250. The highest BCUT2D eigenvalue weighted by molar-refractivity contribution is 9.10. The first-order valence-electron chi connectivity index (χ1n) is 7.99. The lowest BCUT2D eigenvalue weighted by molar-refractivity contribution is -0.384. The molecule has 1 aliphatic rings. The van der Waals surface area contributed by atoms with Gasteiger partial charge in [0.25, 0.3) is 5.69 Å². The van der Waals surface area contributed by atoms with Crippen molar-refractivity contribution in [1.82, 2.24) is 20.2 Å². The summed E-state index contributed by atoms with van der Waals surface area (Å²) in [5, 5.41) is 24.1. The Hall–Kier alpha value is -2.88. The zero-order chi connectivity index (χ0) is 18.1. The molecule has 9 nitrogen and oxygen atoms in total. The molecule has 1 aliphatic heterocycles. The Morgan fingerprint density at radius 1 is 1.27 bits per heavy atom. The van der Waals surface area contributed by atoms with Gasteiger partial charge in [-0.1, -0.05) is 0 Å². The SMILES string of the molecule is O=[N+]([O-])c1ccc2c(N3CC[C@@H](Nc4ncc(Br)cn4)C3)nncc2c1. The highest BCUT2D eigenvalue weighted by atomic mass is 79.9. The van der Waals surface area contributed by atoms with E-state index in [2.05, 4.69) is 46.3 Å². The Bertz CT molecular complexity index is 966. The Morgan fingerprint density at radius 2 is 2.08 bits per heavy atom. The van der Waals surface area contributed by atoms with Crippen molar-refractivity contribution in [2.75, 3.05) is 23.3 Å². The maximum atomic E-state index is 11.0. The summed E-state index contributed by atoms with van der Waals surface area (Å²) in [6.45, 7) is 1.53. The summed E-state index contributed by atoms with van der Waals surface area (Å²) in [6.07, 6.45) is 5.86. The Labute approximate surface area is 156 Å². The number of rotatable bonds is 4. The van der Waals surface area contributed by atoms with Crippen molar-refractivity contribution in [1.29, 1.82) is 0 Å². The highest BCUT2D eigenvalue weighted by Gasteiger charge is 2.26. The minimum Gasteiger partial charge on any atom is -0.352 e. The van der Waals surface area contributed by atoms with Gasteiger partial charge in [-0.05, 0) is 28.4 Å². The smallest absolute Gasteiger partial charge is 0.270 e. The second-order valence-electron chi connectivity index (χ2n) is 6.00. The second-order valence-corrected chi connectivity index (χ2v) is 6.91. The van der Waals surface area contributed by atoms with Gasteiger partial charge in [-0.25, -0.2) is 9.97 Å².